The zero-order valence-electron chi connectivity index (χ0n) is 8.12. The molecule has 0 saturated heterocycles. The third-order valence-corrected chi connectivity index (χ3v) is 4.80. The van der Waals surface area contributed by atoms with Crippen molar-refractivity contribution in [3.63, 3.8) is 0 Å². The molecule has 2 nitrogen and oxygen atoms in total. The molecule has 5 heteroatoms. The zero-order chi connectivity index (χ0) is 11.3. The van der Waals surface area contributed by atoms with Gasteiger partial charge in [0.2, 0.25) is 0 Å². The Balaban J connectivity index is 2.77. The van der Waals surface area contributed by atoms with Gasteiger partial charge < -0.3 is 0 Å². The monoisotopic (exact) mass is 354 g/mol. The Morgan fingerprint density at radius 2 is 1.93 bits per heavy atom. The zero-order valence-corrected chi connectivity index (χ0v) is 12.1. The number of rotatable bonds is 5. The molecule has 1 aromatic rings. The molecule has 84 valence electrons. The minimum absolute atomic E-state index is 0.217. The van der Waals surface area contributed by atoms with E-state index in [1.807, 2.05) is 6.07 Å². The van der Waals surface area contributed by atoms with Gasteiger partial charge >= 0.3 is 0 Å². The van der Waals surface area contributed by atoms with E-state index in [0.717, 1.165) is 16.2 Å². The van der Waals surface area contributed by atoms with E-state index in [-0.39, 0.29) is 5.75 Å². The molecule has 0 radical (unpaired) electrons. The van der Waals surface area contributed by atoms with Crippen LogP contribution in [0.3, 0.4) is 0 Å². The summed E-state index contributed by atoms with van der Waals surface area (Å²) >= 11 is 6.55. The van der Waals surface area contributed by atoms with E-state index in [1.54, 1.807) is 18.2 Å². The molecule has 0 amide bonds. The lowest BCUT2D eigenvalue weighted by Gasteiger charge is -2.03. The van der Waals surface area contributed by atoms with Gasteiger partial charge in [-0.1, -0.05) is 37.9 Å². The van der Waals surface area contributed by atoms with Gasteiger partial charge in [0, 0.05) is 9.80 Å². The summed E-state index contributed by atoms with van der Waals surface area (Å²) in [5.41, 5.74) is 0. The van der Waals surface area contributed by atoms with Crippen LogP contribution in [0.2, 0.25) is 0 Å². The molecule has 1 aromatic carbocycles. The standard InChI is InChI=1S/C10H12Br2O2S/c11-6-1-2-7-15(13,14)10-5-3-4-9(12)8-10/h3-5,8H,1-2,6-7H2. The smallest absolute Gasteiger partial charge is 0.178 e. The summed E-state index contributed by atoms with van der Waals surface area (Å²) in [7, 11) is -3.11. The van der Waals surface area contributed by atoms with Crippen LogP contribution in [-0.2, 0) is 9.84 Å². The molecule has 0 unspecified atom stereocenters. The summed E-state index contributed by atoms with van der Waals surface area (Å²) in [6.45, 7) is 0. The Labute approximate surface area is 107 Å². The van der Waals surface area contributed by atoms with E-state index < -0.39 is 9.84 Å². The van der Waals surface area contributed by atoms with Crippen LogP contribution in [0.5, 0.6) is 0 Å². The third kappa shape index (κ3) is 4.25. The van der Waals surface area contributed by atoms with Crippen LogP contribution < -0.4 is 0 Å². The number of sulfone groups is 1. The molecule has 0 aliphatic carbocycles. The van der Waals surface area contributed by atoms with Crippen molar-refractivity contribution in [1.82, 2.24) is 0 Å². The summed E-state index contributed by atoms with van der Waals surface area (Å²) in [6, 6.07) is 6.83. The molecule has 15 heavy (non-hydrogen) atoms. The first-order valence-corrected chi connectivity index (χ1v) is 8.17. The molecule has 0 fully saturated rings. The number of hydrogen-bond donors (Lipinski definition) is 0. The summed E-state index contributed by atoms with van der Waals surface area (Å²) in [6.07, 6.45) is 1.58. The van der Waals surface area contributed by atoms with Gasteiger partial charge in [0.15, 0.2) is 9.84 Å². The Morgan fingerprint density at radius 1 is 1.20 bits per heavy atom. The number of benzene rings is 1. The van der Waals surface area contributed by atoms with Crippen LogP contribution >= 0.6 is 31.9 Å². The van der Waals surface area contributed by atoms with Crippen LogP contribution in [0.4, 0.5) is 0 Å². The number of halogens is 2. The van der Waals surface area contributed by atoms with E-state index in [2.05, 4.69) is 31.9 Å². The molecule has 0 atom stereocenters. The quantitative estimate of drug-likeness (QED) is 0.599. The number of unbranched alkanes of at least 4 members (excludes halogenated alkanes) is 1. The SMILES string of the molecule is O=S(=O)(CCCCBr)c1cccc(Br)c1. The highest BCUT2D eigenvalue weighted by atomic mass is 79.9. The van der Waals surface area contributed by atoms with E-state index in [0.29, 0.717) is 11.3 Å². The fourth-order valence-electron chi connectivity index (χ4n) is 1.16. The molecule has 1 rings (SSSR count). The second-order valence-electron chi connectivity index (χ2n) is 3.17. The first kappa shape index (κ1) is 13.2. The molecule has 0 aliphatic rings. The molecule has 0 aromatic heterocycles. The van der Waals surface area contributed by atoms with E-state index >= 15 is 0 Å². The maximum Gasteiger partial charge on any atom is 0.178 e. The molecule has 0 bridgehead atoms. The maximum atomic E-state index is 11.8. The van der Waals surface area contributed by atoms with Crippen LogP contribution in [0.15, 0.2) is 33.6 Å². The third-order valence-electron chi connectivity index (χ3n) is 1.95. The van der Waals surface area contributed by atoms with Crippen molar-refractivity contribution < 1.29 is 8.42 Å². The Hall–Kier alpha value is 0.130. The van der Waals surface area contributed by atoms with Gasteiger partial charge in [0.25, 0.3) is 0 Å². The Morgan fingerprint density at radius 3 is 2.53 bits per heavy atom. The topological polar surface area (TPSA) is 34.1 Å². The van der Waals surface area contributed by atoms with Crippen molar-refractivity contribution in [2.45, 2.75) is 17.7 Å². The fourth-order valence-corrected chi connectivity index (χ4v) is 3.52. The van der Waals surface area contributed by atoms with Crippen molar-refractivity contribution in [2.75, 3.05) is 11.1 Å². The lowest BCUT2D eigenvalue weighted by molar-refractivity contribution is 0.593. The second kappa shape index (κ2) is 6.01. The van der Waals surface area contributed by atoms with Crippen LogP contribution in [0.1, 0.15) is 12.8 Å². The Bertz CT molecular complexity index is 415. The second-order valence-corrected chi connectivity index (χ2v) is 6.99. The van der Waals surface area contributed by atoms with Crippen molar-refractivity contribution in [3.05, 3.63) is 28.7 Å². The largest absolute Gasteiger partial charge is 0.224 e. The molecular formula is C10H12Br2O2S. The van der Waals surface area contributed by atoms with Gasteiger partial charge in [-0.25, -0.2) is 8.42 Å². The van der Waals surface area contributed by atoms with Crippen molar-refractivity contribution in [2.24, 2.45) is 0 Å². The predicted octanol–water partition coefficient (Wildman–Crippen LogP) is 3.40. The van der Waals surface area contributed by atoms with Crippen molar-refractivity contribution >= 4 is 41.7 Å². The summed E-state index contributed by atoms with van der Waals surface area (Å²) in [5.74, 6) is 0.217. The summed E-state index contributed by atoms with van der Waals surface area (Å²) in [5, 5.41) is 0.848. The van der Waals surface area contributed by atoms with Gasteiger partial charge in [-0.15, -0.1) is 0 Å². The highest BCUT2D eigenvalue weighted by Gasteiger charge is 2.13. The molecule has 0 aliphatic heterocycles. The average Bonchev–Trinajstić information content (AvgIpc) is 2.18. The van der Waals surface area contributed by atoms with E-state index in [1.165, 1.54) is 0 Å². The normalized spacial score (nSPS) is 11.6. The van der Waals surface area contributed by atoms with Gasteiger partial charge in [-0.05, 0) is 31.0 Å². The first-order chi connectivity index (χ1) is 7.06. The summed E-state index contributed by atoms with van der Waals surface area (Å²) in [4.78, 5) is 0.395. The minimum atomic E-state index is -3.11. The van der Waals surface area contributed by atoms with Crippen LogP contribution in [0, 0.1) is 0 Å². The minimum Gasteiger partial charge on any atom is -0.224 e. The van der Waals surface area contributed by atoms with E-state index in [9.17, 15) is 8.42 Å². The number of alkyl halides is 1. The average molecular weight is 356 g/mol. The summed E-state index contributed by atoms with van der Waals surface area (Å²) < 4.78 is 24.4. The van der Waals surface area contributed by atoms with Gasteiger partial charge in [-0.3, -0.25) is 0 Å². The maximum absolute atomic E-state index is 11.8. The van der Waals surface area contributed by atoms with Gasteiger partial charge in [0.05, 0.1) is 10.6 Å². The van der Waals surface area contributed by atoms with Crippen molar-refractivity contribution in [1.29, 1.82) is 0 Å². The van der Waals surface area contributed by atoms with Gasteiger partial charge in [0.1, 0.15) is 0 Å². The first-order valence-electron chi connectivity index (χ1n) is 4.60. The van der Waals surface area contributed by atoms with Crippen LogP contribution in [0.25, 0.3) is 0 Å². The molecule has 0 saturated carbocycles. The highest BCUT2D eigenvalue weighted by Crippen LogP contribution is 2.18. The molecular weight excluding hydrogens is 344 g/mol. The van der Waals surface area contributed by atoms with E-state index in [4.69, 9.17) is 0 Å². The lowest BCUT2D eigenvalue weighted by Crippen LogP contribution is -2.06. The highest BCUT2D eigenvalue weighted by molar-refractivity contribution is 9.10. The lowest BCUT2D eigenvalue weighted by atomic mass is 10.4. The van der Waals surface area contributed by atoms with Gasteiger partial charge in [-0.2, -0.15) is 0 Å². The molecule has 0 N–H and O–H groups in total. The van der Waals surface area contributed by atoms with Crippen molar-refractivity contribution in [3.8, 4) is 0 Å². The molecule has 0 heterocycles. The molecule has 0 spiro atoms. The fraction of sp³-hybridized carbons (Fsp3) is 0.400. The Kier molecular flexibility index (Phi) is 5.29. The number of hydrogen-bond acceptors (Lipinski definition) is 2. The predicted molar refractivity (Wildman–Crippen MR) is 69.2 cm³/mol. The van der Waals surface area contributed by atoms with Crippen LogP contribution in [-0.4, -0.2) is 19.5 Å².